The Balaban J connectivity index is 1.26. The van der Waals surface area contributed by atoms with Crippen molar-refractivity contribution in [2.45, 2.75) is 96.1 Å². The third-order valence-electron chi connectivity index (χ3n) is 8.38. The van der Waals surface area contributed by atoms with Gasteiger partial charge in [0.05, 0.1) is 5.56 Å². The van der Waals surface area contributed by atoms with Gasteiger partial charge >= 0.3 is 6.18 Å². The van der Waals surface area contributed by atoms with E-state index in [0.717, 1.165) is 35.4 Å². The SMILES string of the molecule is CCCCCCCC1CCC2CC(c3ccc(C#Cc4ccc(C(F)(F)F)cc4)cc3)CCC2C1. The van der Waals surface area contributed by atoms with Gasteiger partial charge < -0.3 is 0 Å². The number of benzene rings is 2. The molecule has 2 saturated carbocycles. The van der Waals surface area contributed by atoms with Gasteiger partial charge in [-0.3, -0.25) is 0 Å². The quantitative estimate of drug-likeness (QED) is 0.273. The molecule has 2 aliphatic rings. The van der Waals surface area contributed by atoms with Crippen molar-refractivity contribution < 1.29 is 13.2 Å². The van der Waals surface area contributed by atoms with Gasteiger partial charge in [-0.2, -0.15) is 13.2 Å². The summed E-state index contributed by atoms with van der Waals surface area (Å²) < 4.78 is 38.1. The Morgan fingerprint density at radius 3 is 1.97 bits per heavy atom. The van der Waals surface area contributed by atoms with Crippen LogP contribution in [-0.4, -0.2) is 0 Å². The Morgan fingerprint density at radius 1 is 0.714 bits per heavy atom. The minimum atomic E-state index is -4.31. The van der Waals surface area contributed by atoms with Gasteiger partial charge in [-0.1, -0.05) is 75.8 Å². The molecular weight excluding hydrogens is 441 g/mol. The zero-order valence-electron chi connectivity index (χ0n) is 21.0. The van der Waals surface area contributed by atoms with Gasteiger partial charge in [0.25, 0.3) is 0 Å². The van der Waals surface area contributed by atoms with Gasteiger partial charge in [-0.25, -0.2) is 0 Å². The van der Waals surface area contributed by atoms with E-state index in [1.807, 2.05) is 0 Å². The molecule has 2 fully saturated rings. The number of rotatable bonds is 7. The van der Waals surface area contributed by atoms with Crippen LogP contribution in [0.2, 0.25) is 0 Å². The molecule has 2 aliphatic carbocycles. The second-order valence-electron chi connectivity index (χ2n) is 10.9. The molecule has 3 heteroatoms. The van der Waals surface area contributed by atoms with E-state index in [1.165, 1.54) is 94.7 Å². The van der Waals surface area contributed by atoms with Crippen LogP contribution < -0.4 is 0 Å². The highest BCUT2D eigenvalue weighted by Crippen LogP contribution is 2.48. The fraction of sp³-hybridized carbons (Fsp3) is 0.562. The average Bonchev–Trinajstić information content (AvgIpc) is 2.87. The smallest absolute Gasteiger partial charge is 0.166 e. The van der Waals surface area contributed by atoms with E-state index >= 15 is 0 Å². The van der Waals surface area contributed by atoms with E-state index in [0.29, 0.717) is 11.5 Å². The summed E-state index contributed by atoms with van der Waals surface area (Å²) in [7, 11) is 0. The molecular formula is C32H39F3. The Morgan fingerprint density at radius 2 is 1.31 bits per heavy atom. The van der Waals surface area contributed by atoms with Gasteiger partial charge in [0.1, 0.15) is 0 Å². The standard InChI is InChI=1S/C32H39F3/c1-2-3-4-5-6-7-26-12-17-30-23-29(19-18-28(30)22-26)27-15-10-24(11-16-27)8-9-25-13-20-31(21-14-25)32(33,34)35/h10-11,13-16,20-21,26,28-30H,2-7,12,17-19,22-23H2,1H3. The van der Waals surface area contributed by atoms with Crippen LogP contribution in [0.15, 0.2) is 48.5 Å². The van der Waals surface area contributed by atoms with Gasteiger partial charge in [0.15, 0.2) is 0 Å². The molecule has 0 aromatic heterocycles. The van der Waals surface area contributed by atoms with Crippen molar-refractivity contribution in [1.29, 1.82) is 0 Å². The van der Waals surface area contributed by atoms with Crippen molar-refractivity contribution >= 4 is 0 Å². The van der Waals surface area contributed by atoms with Crippen molar-refractivity contribution in [1.82, 2.24) is 0 Å². The fourth-order valence-corrected chi connectivity index (χ4v) is 6.31. The molecule has 4 unspecified atom stereocenters. The first-order valence-corrected chi connectivity index (χ1v) is 13.7. The highest BCUT2D eigenvalue weighted by molar-refractivity contribution is 5.44. The van der Waals surface area contributed by atoms with Crippen LogP contribution in [-0.2, 0) is 6.18 Å². The number of unbranched alkanes of at least 4 members (excludes halogenated alkanes) is 4. The molecule has 2 aromatic carbocycles. The van der Waals surface area contributed by atoms with E-state index in [9.17, 15) is 13.2 Å². The number of hydrogen-bond donors (Lipinski definition) is 0. The number of hydrogen-bond acceptors (Lipinski definition) is 0. The molecule has 4 atom stereocenters. The molecule has 35 heavy (non-hydrogen) atoms. The highest BCUT2D eigenvalue weighted by atomic mass is 19.4. The van der Waals surface area contributed by atoms with Crippen LogP contribution in [0.25, 0.3) is 0 Å². The molecule has 0 bridgehead atoms. The minimum absolute atomic E-state index is 0.594. The van der Waals surface area contributed by atoms with Crippen LogP contribution in [0.1, 0.15) is 112 Å². The van der Waals surface area contributed by atoms with Crippen molar-refractivity contribution in [3.8, 4) is 11.8 Å². The normalized spacial score (nSPS) is 24.3. The minimum Gasteiger partial charge on any atom is -0.166 e. The van der Waals surface area contributed by atoms with E-state index < -0.39 is 11.7 Å². The summed E-state index contributed by atoms with van der Waals surface area (Å²) in [4.78, 5) is 0. The lowest BCUT2D eigenvalue weighted by Gasteiger charge is -2.42. The lowest BCUT2D eigenvalue weighted by molar-refractivity contribution is -0.137. The second-order valence-corrected chi connectivity index (χ2v) is 10.9. The zero-order chi connectivity index (χ0) is 24.7. The van der Waals surface area contributed by atoms with E-state index in [1.54, 1.807) is 0 Å². The van der Waals surface area contributed by atoms with Crippen molar-refractivity contribution in [3.05, 3.63) is 70.8 Å². The van der Waals surface area contributed by atoms with Gasteiger partial charge in [-0.05, 0) is 97.7 Å². The third kappa shape index (κ3) is 7.39. The lowest BCUT2D eigenvalue weighted by Crippen LogP contribution is -2.30. The maximum atomic E-state index is 12.7. The third-order valence-corrected chi connectivity index (χ3v) is 8.38. The number of halogens is 3. The maximum absolute atomic E-state index is 12.7. The van der Waals surface area contributed by atoms with E-state index in [2.05, 4.69) is 43.0 Å². The van der Waals surface area contributed by atoms with Crippen molar-refractivity contribution in [2.75, 3.05) is 0 Å². The van der Waals surface area contributed by atoms with Crippen LogP contribution in [0.4, 0.5) is 13.2 Å². The second kappa shape index (κ2) is 12.2. The predicted molar refractivity (Wildman–Crippen MR) is 138 cm³/mol. The van der Waals surface area contributed by atoms with Crippen molar-refractivity contribution in [3.63, 3.8) is 0 Å². The summed E-state index contributed by atoms with van der Waals surface area (Å²) in [5.74, 6) is 9.54. The molecule has 0 heterocycles. The predicted octanol–water partition coefficient (Wildman–Crippen LogP) is 9.77. The molecule has 0 N–H and O–H groups in total. The molecule has 2 aromatic rings. The van der Waals surface area contributed by atoms with Gasteiger partial charge in [0, 0.05) is 11.1 Å². The van der Waals surface area contributed by atoms with Crippen LogP contribution >= 0.6 is 0 Å². The molecule has 0 aliphatic heterocycles. The van der Waals surface area contributed by atoms with Gasteiger partial charge in [0.2, 0.25) is 0 Å². The first-order valence-electron chi connectivity index (χ1n) is 13.7. The molecule has 0 saturated heterocycles. The molecule has 0 nitrogen and oxygen atoms in total. The first kappa shape index (κ1) is 25.9. The largest absolute Gasteiger partial charge is 0.416 e. The van der Waals surface area contributed by atoms with E-state index in [4.69, 9.17) is 0 Å². The van der Waals surface area contributed by atoms with Crippen LogP contribution in [0.5, 0.6) is 0 Å². The fourth-order valence-electron chi connectivity index (χ4n) is 6.31. The summed E-state index contributed by atoms with van der Waals surface area (Å²) in [5.41, 5.74) is 2.28. The summed E-state index contributed by atoms with van der Waals surface area (Å²) in [6.07, 6.45) is 12.4. The number of fused-ring (bicyclic) bond motifs is 1. The average molecular weight is 481 g/mol. The van der Waals surface area contributed by atoms with Crippen LogP contribution in [0.3, 0.4) is 0 Å². The molecule has 0 amide bonds. The summed E-state index contributed by atoms with van der Waals surface area (Å²) in [6, 6.07) is 13.6. The maximum Gasteiger partial charge on any atom is 0.416 e. The number of alkyl halides is 3. The Kier molecular flexibility index (Phi) is 8.99. The van der Waals surface area contributed by atoms with E-state index in [-0.39, 0.29) is 0 Å². The Hall–Kier alpha value is -2.21. The van der Waals surface area contributed by atoms with Crippen molar-refractivity contribution in [2.24, 2.45) is 17.8 Å². The van der Waals surface area contributed by atoms with Crippen LogP contribution in [0, 0.1) is 29.6 Å². The molecule has 0 radical (unpaired) electrons. The summed E-state index contributed by atoms with van der Waals surface area (Å²) in [6.45, 7) is 2.28. The summed E-state index contributed by atoms with van der Waals surface area (Å²) in [5, 5.41) is 0. The molecule has 4 rings (SSSR count). The lowest BCUT2D eigenvalue weighted by atomic mass is 9.63. The highest BCUT2D eigenvalue weighted by Gasteiger charge is 2.35. The topological polar surface area (TPSA) is 0 Å². The zero-order valence-corrected chi connectivity index (χ0v) is 21.0. The Bertz CT molecular complexity index is 975. The first-order chi connectivity index (χ1) is 16.9. The van der Waals surface area contributed by atoms with Gasteiger partial charge in [-0.15, -0.1) is 0 Å². The molecule has 0 spiro atoms. The molecule has 188 valence electrons. The monoisotopic (exact) mass is 480 g/mol. The summed E-state index contributed by atoms with van der Waals surface area (Å²) >= 11 is 0. The Labute approximate surface area is 209 Å².